The monoisotopic (exact) mass is 257 g/mol. The van der Waals surface area contributed by atoms with Gasteiger partial charge >= 0.3 is 0 Å². The average Bonchev–Trinajstić information content (AvgIpc) is 2.20. The molecule has 0 unspecified atom stereocenters. The first-order valence-electron chi connectivity index (χ1n) is 3.69. The van der Waals surface area contributed by atoms with Crippen molar-refractivity contribution in [3.63, 3.8) is 0 Å². The fourth-order valence-electron chi connectivity index (χ4n) is 1.06. The van der Waals surface area contributed by atoms with E-state index in [1.807, 2.05) is 6.07 Å². The fourth-order valence-corrected chi connectivity index (χ4v) is 1.46. The highest BCUT2D eigenvalue weighted by Gasteiger charge is 2.17. The van der Waals surface area contributed by atoms with Crippen LogP contribution < -0.4 is 9.47 Å². The van der Waals surface area contributed by atoms with E-state index in [0.29, 0.717) is 10.2 Å². The van der Waals surface area contributed by atoms with Crippen molar-refractivity contribution >= 4 is 15.9 Å². The lowest BCUT2D eigenvalue weighted by Crippen LogP contribution is -1.94. The Hall–Kier alpha value is -1.41. The van der Waals surface area contributed by atoms with Gasteiger partial charge in [0, 0.05) is 6.07 Å². The Kier molecular flexibility index (Phi) is 3.20. The van der Waals surface area contributed by atoms with Gasteiger partial charge in [-0.25, -0.2) is 0 Å². The number of benzene rings is 1. The molecule has 0 aliphatic carbocycles. The summed E-state index contributed by atoms with van der Waals surface area (Å²) >= 11 is 3.11. The van der Waals surface area contributed by atoms with Gasteiger partial charge in [0.25, 0.3) is 0 Å². The van der Waals surface area contributed by atoms with Crippen LogP contribution in [0.5, 0.6) is 17.2 Å². The molecule has 1 aromatic carbocycles. The molecule has 0 aromatic heterocycles. The molecule has 1 aromatic rings. The van der Waals surface area contributed by atoms with Crippen LogP contribution in [-0.4, -0.2) is 19.3 Å². The minimum Gasteiger partial charge on any atom is -0.505 e. The topological polar surface area (TPSA) is 62.5 Å². The summed E-state index contributed by atoms with van der Waals surface area (Å²) in [5.41, 5.74) is 0.0544. The van der Waals surface area contributed by atoms with Crippen molar-refractivity contribution in [1.82, 2.24) is 0 Å². The summed E-state index contributed by atoms with van der Waals surface area (Å²) in [4.78, 5) is 0. The number of halogens is 1. The van der Waals surface area contributed by atoms with E-state index in [1.54, 1.807) is 0 Å². The van der Waals surface area contributed by atoms with Gasteiger partial charge in [0.1, 0.15) is 11.6 Å². The van der Waals surface area contributed by atoms with Crippen molar-refractivity contribution in [2.75, 3.05) is 14.2 Å². The Morgan fingerprint density at radius 3 is 2.50 bits per heavy atom. The third-order valence-corrected chi connectivity index (χ3v) is 2.31. The molecule has 14 heavy (non-hydrogen) atoms. The molecular weight excluding hydrogens is 250 g/mol. The van der Waals surface area contributed by atoms with Crippen LogP contribution in [0, 0.1) is 11.3 Å². The summed E-state index contributed by atoms with van der Waals surface area (Å²) in [6, 6.07) is 3.38. The first-order chi connectivity index (χ1) is 6.65. The van der Waals surface area contributed by atoms with Crippen LogP contribution in [-0.2, 0) is 0 Å². The molecule has 0 amide bonds. The first kappa shape index (κ1) is 10.7. The van der Waals surface area contributed by atoms with Crippen LogP contribution >= 0.6 is 15.9 Å². The van der Waals surface area contributed by atoms with Crippen molar-refractivity contribution in [2.45, 2.75) is 0 Å². The molecule has 5 heteroatoms. The van der Waals surface area contributed by atoms with Crippen molar-refractivity contribution in [3.8, 4) is 23.3 Å². The van der Waals surface area contributed by atoms with E-state index in [0.717, 1.165) is 0 Å². The molecule has 0 saturated carbocycles. The van der Waals surface area contributed by atoms with Crippen LogP contribution in [0.3, 0.4) is 0 Å². The largest absolute Gasteiger partial charge is 0.505 e. The molecule has 1 N–H and O–H groups in total. The molecule has 4 nitrogen and oxygen atoms in total. The molecule has 0 aliphatic rings. The molecule has 0 aliphatic heterocycles. The van der Waals surface area contributed by atoms with Crippen LogP contribution in [0.15, 0.2) is 10.5 Å². The zero-order valence-corrected chi connectivity index (χ0v) is 9.25. The molecule has 0 saturated heterocycles. The third-order valence-electron chi connectivity index (χ3n) is 1.71. The Bertz CT molecular complexity index is 398. The normalized spacial score (nSPS) is 9.29. The van der Waals surface area contributed by atoms with Gasteiger partial charge in [-0.1, -0.05) is 0 Å². The quantitative estimate of drug-likeness (QED) is 0.881. The predicted octanol–water partition coefficient (Wildman–Crippen LogP) is 2.04. The van der Waals surface area contributed by atoms with E-state index in [-0.39, 0.29) is 17.1 Å². The Labute approximate surface area is 89.8 Å². The average molecular weight is 258 g/mol. The van der Waals surface area contributed by atoms with Gasteiger partial charge in [-0.2, -0.15) is 5.26 Å². The summed E-state index contributed by atoms with van der Waals surface area (Å²) in [5, 5.41) is 18.3. The van der Waals surface area contributed by atoms with E-state index in [9.17, 15) is 5.11 Å². The number of aromatic hydroxyl groups is 1. The number of hydrogen-bond donors (Lipinski definition) is 1. The summed E-state index contributed by atoms with van der Waals surface area (Å²) < 4.78 is 10.4. The molecule has 0 radical (unpaired) electrons. The highest BCUT2D eigenvalue weighted by Crippen LogP contribution is 2.41. The fraction of sp³-hybridized carbons (Fsp3) is 0.222. The maximum absolute atomic E-state index is 9.52. The molecule has 0 spiro atoms. The molecule has 74 valence electrons. The Morgan fingerprint density at radius 1 is 1.43 bits per heavy atom. The number of hydrogen-bond acceptors (Lipinski definition) is 4. The van der Waals surface area contributed by atoms with Gasteiger partial charge in [0.15, 0.2) is 17.2 Å². The number of rotatable bonds is 2. The molecule has 0 heterocycles. The third kappa shape index (κ3) is 1.61. The Balaban J connectivity index is 3.52. The number of methoxy groups -OCH3 is 2. The van der Waals surface area contributed by atoms with Crippen molar-refractivity contribution < 1.29 is 14.6 Å². The van der Waals surface area contributed by atoms with E-state index < -0.39 is 0 Å². The van der Waals surface area contributed by atoms with E-state index in [4.69, 9.17) is 14.7 Å². The second kappa shape index (κ2) is 4.20. The maximum Gasteiger partial charge on any atom is 0.182 e. The van der Waals surface area contributed by atoms with Gasteiger partial charge in [-0.3, -0.25) is 0 Å². The maximum atomic E-state index is 9.52. The lowest BCUT2D eigenvalue weighted by molar-refractivity contribution is 0.349. The van der Waals surface area contributed by atoms with Crippen molar-refractivity contribution in [2.24, 2.45) is 0 Å². The van der Waals surface area contributed by atoms with Crippen molar-refractivity contribution in [3.05, 3.63) is 16.1 Å². The number of ether oxygens (including phenoxy) is 2. The van der Waals surface area contributed by atoms with Gasteiger partial charge in [0.2, 0.25) is 0 Å². The molecular formula is C9H8BrNO3. The lowest BCUT2D eigenvalue weighted by atomic mass is 10.2. The minimum absolute atomic E-state index is 0.0544. The van der Waals surface area contributed by atoms with Gasteiger partial charge in [0.05, 0.1) is 18.7 Å². The van der Waals surface area contributed by atoms with Crippen LogP contribution in [0.25, 0.3) is 0 Å². The SMILES string of the molecule is COc1cc(Br)c(O)c(C#N)c1OC. The van der Waals surface area contributed by atoms with E-state index in [2.05, 4.69) is 15.9 Å². The number of phenolic OH excluding ortho intramolecular Hbond substituents is 1. The molecule has 0 fully saturated rings. The lowest BCUT2D eigenvalue weighted by Gasteiger charge is -2.10. The number of nitriles is 1. The van der Waals surface area contributed by atoms with Gasteiger partial charge in [-0.05, 0) is 15.9 Å². The Morgan fingerprint density at radius 2 is 2.07 bits per heavy atom. The van der Waals surface area contributed by atoms with E-state index in [1.165, 1.54) is 20.3 Å². The number of phenols is 1. The summed E-state index contributed by atoms with van der Waals surface area (Å²) in [5.74, 6) is 0.481. The van der Waals surface area contributed by atoms with Crippen molar-refractivity contribution in [1.29, 1.82) is 5.26 Å². The van der Waals surface area contributed by atoms with Crippen LogP contribution in [0.4, 0.5) is 0 Å². The molecule has 0 bridgehead atoms. The zero-order chi connectivity index (χ0) is 10.7. The summed E-state index contributed by atoms with van der Waals surface area (Å²) in [7, 11) is 2.87. The van der Waals surface area contributed by atoms with Gasteiger partial charge in [-0.15, -0.1) is 0 Å². The number of nitrogens with zero attached hydrogens (tertiary/aromatic N) is 1. The first-order valence-corrected chi connectivity index (χ1v) is 4.48. The predicted molar refractivity (Wildman–Crippen MR) is 53.6 cm³/mol. The summed E-state index contributed by atoms with van der Waals surface area (Å²) in [6.45, 7) is 0. The summed E-state index contributed by atoms with van der Waals surface area (Å²) in [6.07, 6.45) is 0. The van der Waals surface area contributed by atoms with Crippen LogP contribution in [0.2, 0.25) is 0 Å². The minimum atomic E-state index is -0.148. The van der Waals surface area contributed by atoms with Gasteiger partial charge < -0.3 is 14.6 Å². The smallest absolute Gasteiger partial charge is 0.182 e. The second-order valence-electron chi connectivity index (χ2n) is 2.43. The molecule has 0 atom stereocenters. The highest BCUT2D eigenvalue weighted by atomic mass is 79.9. The highest BCUT2D eigenvalue weighted by molar-refractivity contribution is 9.10. The second-order valence-corrected chi connectivity index (χ2v) is 3.28. The van der Waals surface area contributed by atoms with E-state index >= 15 is 0 Å². The molecule has 1 rings (SSSR count). The van der Waals surface area contributed by atoms with Crippen LogP contribution in [0.1, 0.15) is 5.56 Å². The zero-order valence-electron chi connectivity index (χ0n) is 7.67. The standard InChI is InChI=1S/C9H8BrNO3/c1-13-7-3-6(10)8(12)5(4-11)9(7)14-2/h3,12H,1-2H3.